The Labute approximate surface area is 161 Å². The molecule has 0 radical (unpaired) electrons. The number of fused-ring (bicyclic) bond motifs is 2. The summed E-state index contributed by atoms with van der Waals surface area (Å²) >= 11 is 0. The monoisotopic (exact) mass is 389 g/mol. The van der Waals surface area contributed by atoms with Gasteiger partial charge in [0.2, 0.25) is 0 Å². The van der Waals surface area contributed by atoms with Crippen LogP contribution in [-0.4, -0.2) is 37.0 Å². The van der Waals surface area contributed by atoms with E-state index in [1.54, 1.807) is 0 Å². The number of benzene rings is 1. The SMILES string of the molecule is N=Cc1cc2nc(c1NC(F)F)CCCOC[C@H](c1ccccc1)NC(=O)N2. The van der Waals surface area contributed by atoms with Crippen LogP contribution < -0.4 is 16.0 Å². The number of nitrogens with one attached hydrogen (secondary N) is 4. The smallest absolute Gasteiger partial charge is 0.320 e. The van der Waals surface area contributed by atoms with Crippen LogP contribution in [0.15, 0.2) is 36.4 Å². The Hall–Kier alpha value is -3.07. The van der Waals surface area contributed by atoms with Crippen LogP contribution in [0.5, 0.6) is 0 Å². The van der Waals surface area contributed by atoms with Gasteiger partial charge in [-0.05, 0) is 24.5 Å². The number of halogens is 2. The number of hydrogen-bond acceptors (Lipinski definition) is 5. The van der Waals surface area contributed by atoms with Crippen molar-refractivity contribution in [2.24, 2.45) is 0 Å². The van der Waals surface area contributed by atoms with Gasteiger partial charge in [0.15, 0.2) is 0 Å². The minimum atomic E-state index is -2.79. The van der Waals surface area contributed by atoms with Crippen molar-refractivity contribution in [2.75, 3.05) is 23.8 Å². The van der Waals surface area contributed by atoms with Crippen LogP contribution >= 0.6 is 0 Å². The van der Waals surface area contributed by atoms with Crippen LogP contribution in [0.3, 0.4) is 0 Å². The topological polar surface area (TPSA) is 99.1 Å². The number of anilines is 2. The average Bonchev–Trinajstić information content (AvgIpc) is 2.67. The van der Waals surface area contributed by atoms with Crippen LogP contribution in [0.25, 0.3) is 0 Å². The van der Waals surface area contributed by atoms with Gasteiger partial charge in [0, 0.05) is 18.4 Å². The first-order valence-corrected chi connectivity index (χ1v) is 8.86. The summed E-state index contributed by atoms with van der Waals surface area (Å²) in [5.41, 5.74) is 1.56. The first-order valence-electron chi connectivity index (χ1n) is 8.86. The fourth-order valence-corrected chi connectivity index (χ4v) is 3.01. The minimum Gasteiger partial charge on any atom is -0.379 e. The number of amides is 2. The molecule has 1 aromatic heterocycles. The zero-order valence-electron chi connectivity index (χ0n) is 15.0. The minimum absolute atomic E-state index is 0.0928. The highest BCUT2D eigenvalue weighted by Crippen LogP contribution is 2.25. The summed E-state index contributed by atoms with van der Waals surface area (Å²) < 4.78 is 31.4. The van der Waals surface area contributed by atoms with Gasteiger partial charge in [-0.25, -0.2) is 9.78 Å². The molecular weight excluding hydrogens is 368 g/mol. The highest BCUT2D eigenvalue weighted by molar-refractivity contribution is 5.92. The second-order valence-corrected chi connectivity index (χ2v) is 6.25. The number of hydrogen-bond donors (Lipinski definition) is 4. The lowest BCUT2D eigenvalue weighted by molar-refractivity contribution is 0.111. The third-order valence-electron chi connectivity index (χ3n) is 4.27. The van der Waals surface area contributed by atoms with Crippen molar-refractivity contribution in [1.82, 2.24) is 10.3 Å². The lowest BCUT2D eigenvalue weighted by Crippen LogP contribution is -2.35. The van der Waals surface area contributed by atoms with Crippen molar-refractivity contribution in [3.05, 3.63) is 53.2 Å². The number of carbonyl (C=O) groups is 1. The van der Waals surface area contributed by atoms with Crippen molar-refractivity contribution in [3.63, 3.8) is 0 Å². The van der Waals surface area contributed by atoms with E-state index in [-0.39, 0.29) is 29.7 Å². The van der Waals surface area contributed by atoms with E-state index in [0.717, 1.165) is 11.8 Å². The number of alkyl halides is 2. The molecule has 2 bridgehead atoms. The third-order valence-corrected chi connectivity index (χ3v) is 4.27. The molecule has 3 rings (SSSR count). The molecule has 4 N–H and O–H groups in total. The highest BCUT2D eigenvalue weighted by atomic mass is 19.3. The summed E-state index contributed by atoms with van der Waals surface area (Å²) in [5, 5.41) is 15.0. The fourth-order valence-electron chi connectivity index (χ4n) is 3.01. The molecule has 1 atom stereocenters. The molecule has 28 heavy (non-hydrogen) atoms. The van der Waals surface area contributed by atoms with Gasteiger partial charge in [0.1, 0.15) is 5.82 Å². The largest absolute Gasteiger partial charge is 0.379 e. The summed E-state index contributed by atoms with van der Waals surface area (Å²) in [6.45, 7) is -2.12. The molecule has 9 heteroatoms. The second-order valence-electron chi connectivity index (χ2n) is 6.25. The molecule has 2 aromatic rings. The Bertz CT molecular complexity index is 833. The van der Waals surface area contributed by atoms with Crippen molar-refractivity contribution in [3.8, 4) is 0 Å². The van der Waals surface area contributed by atoms with Gasteiger partial charge in [-0.3, -0.25) is 5.32 Å². The van der Waals surface area contributed by atoms with Gasteiger partial charge in [-0.2, -0.15) is 8.78 Å². The Kier molecular flexibility index (Phi) is 6.49. The lowest BCUT2D eigenvalue weighted by atomic mass is 10.1. The van der Waals surface area contributed by atoms with E-state index in [2.05, 4.69) is 15.6 Å². The Morgan fingerprint density at radius 2 is 2.11 bits per heavy atom. The van der Waals surface area contributed by atoms with Gasteiger partial charge in [0.05, 0.1) is 24.0 Å². The Morgan fingerprint density at radius 3 is 2.82 bits per heavy atom. The molecule has 148 valence electrons. The predicted molar refractivity (Wildman–Crippen MR) is 102 cm³/mol. The van der Waals surface area contributed by atoms with Crippen molar-refractivity contribution in [2.45, 2.75) is 25.4 Å². The van der Waals surface area contributed by atoms with Gasteiger partial charge >= 0.3 is 12.6 Å². The van der Waals surface area contributed by atoms with Gasteiger partial charge in [-0.15, -0.1) is 0 Å². The van der Waals surface area contributed by atoms with Crippen LogP contribution in [-0.2, 0) is 11.2 Å². The number of pyridine rings is 1. The van der Waals surface area contributed by atoms with E-state index in [9.17, 15) is 13.6 Å². The zero-order valence-corrected chi connectivity index (χ0v) is 15.0. The number of nitrogens with zero attached hydrogens (tertiary/aromatic N) is 1. The summed E-state index contributed by atoms with van der Waals surface area (Å²) in [7, 11) is 0. The van der Waals surface area contributed by atoms with E-state index < -0.39 is 12.6 Å². The maximum atomic E-state index is 12.9. The number of urea groups is 1. The first kappa shape index (κ1) is 19.7. The van der Waals surface area contributed by atoms with E-state index in [1.165, 1.54) is 6.07 Å². The first-order chi connectivity index (χ1) is 13.6. The number of rotatable bonds is 4. The maximum Gasteiger partial charge on any atom is 0.320 e. The molecule has 0 saturated carbocycles. The van der Waals surface area contributed by atoms with Crippen LogP contribution in [0.1, 0.15) is 29.3 Å². The van der Waals surface area contributed by atoms with Crippen molar-refractivity contribution < 1.29 is 18.3 Å². The number of aromatic nitrogens is 1. The molecule has 2 heterocycles. The number of carbonyl (C=O) groups excluding carboxylic acids is 1. The predicted octanol–water partition coefficient (Wildman–Crippen LogP) is 3.54. The highest BCUT2D eigenvalue weighted by Gasteiger charge is 2.19. The van der Waals surface area contributed by atoms with Gasteiger partial charge < -0.3 is 20.8 Å². The standard InChI is InChI=1S/C19H21F2N5O2/c20-18(21)26-17-13(10-22)9-16-23-14(17)7-4-8-28-11-15(24-19(27)25-16)12-5-2-1-3-6-12/h1-3,5-6,9-10,15,18,22,26H,4,7-8,11H2,(H2,23,24,25,27)/t15-/m1/s1. The summed E-state index contributed by atoms with van der Waals surface area (Å²) in [5.74, 6) is 0.194. The molecule has 1 aliphatic rings. The van der Waals surface area contributed by atoms with E-state index >= 15 is 0 Å². The summed E-state index contributed by atoms with van der Waals surface area (Å²) in [6.07, 6.45) is 1.87. The normalized spacial score (nSPS) is 17.7. The second kappa shape index (κ2) is 9.23. The van der Waals surface area contributed by atoms with E-state index in [1.807, 2.05) is 35.6 Å². The van der Waals surface area contributed by atoms with Crippen LogP contribution in [0.4, 0.5) is 25.1 Å². The van der Waals surface area contributed by atoms with E-state index in [4.69, 9.17) is 10.1 Å². The maximum absolute atomic E-state index is 12.9. The van der Waals surface area contributed by atoms with Crippen LogP contribution in [0.2, 0.25) is 0 Å². The zero-order chi connectivity index (χ0) is 19.9. The molecular formula is C19H21F2N5O2. The van der Waals surface area contributed by atoms with Crippen LogP contribution in [0, 0.1) is 5.41 Å². The molecule has 7 nitrogen and oxygen atoms in total. The molecule has 1 aromatic carbocycles. The summed E-state index contributed by atoms with van der Waals surface area (Å²) in [4.78, 5) is 16.7. The van der Waals surface area contributed by atoms with Gasteiger partial charge in [-0.1, -0.05) is 30.3 Å². The molecule has 0 fully saturated rings. The average molecular weight is 389 g/mol. The third kappa shape index (κ3) is 5.01. The quantitative estimate of drug-likeness (QED) is 0.475. The molecule has 0 aliphatic carbocycles. The molecule has 0 saturated heterocycles. The molecule has 1 aliphatic heterocycles. The van der Waals surface area contributed by atoms with Crippen molar-refractivity contribution >= 4 is 23.8 Å². The molecule has 2 amide bonds. The Morgan fingerprint density at radius 1 is 1.32 bits per heavy atom. The van der Waals surface area contributed by atoms with E-state index in [0.29, 0.717) is 25.1 Å². The fraction of sp³-hybridized carbons (Fsp3) is 0.316. The number of aryl methyl sites for hydroxylation is 1. The number of ether oxygens (including phenoxy) is 1. The lowest BCUT2D eigenvalue weighted by Gasteiger charge is -2.22. The molecule has 0 spiro atoms. The van der Waals surface area contributed by atoms with Gasteiger partial charge in [0.25, 0.3) is 0 Å². The Balaban J connectivity index is 1.89. The molecule has 0 unspecified atom stereocenters. The van der Waals surface area contributed by atoms with Crippen molar-refractivity contribution in [1.29, 1.82) is 5.41 Å². The summed E-state index contributed by atoms with van der Waals surface area (Å²) in [6, 6.07) is 9.99.